The molecule has 0 saturated carbocycles. The highest BCUT2D eigenvalue weighted by Gasteiger charge is 2.18. The van der Waals surface area contributed by atoms with Gasteiger partial charge in [0.2, 0.25) is 5.91 Å². The van der Waals surface area contributed by atoms with E-state index in [-0.39, 0.29) is 23.8 Å². The Hall–Kier alpha value is -3.55. The number of rotatable bonds is 7. The zero-order valence-corrected chi connectivity index (χ0v) is 15.6. The second-order valence-corrected chi connectivity index (χ2v) is 6.09. The van der Waals surface area contributed by atoms with Crippen molar-refractivity contribution in [3.63, 3.8) is 0 Å². The molecule has 0 atom stereocenters. The number of aromatic hydroxyl groups is 2. The first kappa shape index (κ1) is 20.8. The molecule has 2 aromatic rings. The Morgan fingerprint density at radius 1 is 1.11 bits per heavy atom. The molecular weight excluding hydrogens is 364 g/mol. The molecule has 28 heavy (non-hydrogen) atoms. The van der Waals surface area contributed by atoms with Crippen molar-refractivity contribution in [1.82, 2.24) is 4.90 Å². The molecule has 0 radical (unpaired) electrons. The lowest BCUT2D eigenvalue weighted by Gasteiger charge is -2.17. The third-order valence-corrected chi connectivity index (χ3v) is 4.01. The van der Waals surface area contributed by atoms with Gasteiger partial charge in [-0.25, -0.2) is 4.79 Å². The Morgan fingerprint density at radius 2 is 1.82 bits per heavy atom. The number of ether oxygens (including phenoxy) is 1. The quantitative estimate of drug-likeness (QED) is 0.626. The van der Waals surface area contributed by atoms with E-state index in [9.17, 15) is 24.6 Å². The maximum absolute atomic E-state index is 12.2. The van der Waals surface area contributed by atoms with E-state index in [0.717, 1.165) is 23.0 Å². The predicted molar refractivity (Wildman–Crippen MR) is 102 cm³/mol. The maximum Gasteiger partial charge on any atom is 0.342 e. The van der Waals surface area contributed by atoms with Gasteiger partial charge in [-0.1, -0.05) is 25.1 Å². The second-order valence-electron chi connectivity index (χ2n) is 6.09. The Balaban J connectivity index is 1.86. The van der Waals surface area contributed by atoms with Crippen LogP contribution in [0.4, 0.5) is 5.69 Å². The van der Waals surface area contributed by atoms with Crippen LogP contribution in [0.3, 0.4) is 0 Å². The highest BCUT2D eigenvalue weighted by atomic mass is 16.5. The Kier molecular flexibility index (Phi) is 6.97. The van der Waals surface area contributed by atoms with E-state index < -0.39 is 24.2 Å². The number of carbonyl (C=O) groups is 3. The number of benzene rings is 2. The van der Waals surface area contributed by atoms with E-state index in [1.807, 2.05) is 25.1 Å². The molecule has 0 spiro atoms. The average Bonchev–Trinajstić information content (AvgIpc) is 2.66. The zero-order valence-electron chi connectivity index (χ0n) is 15.6. The molecule has 2 rings (SSSR count). The van der Waals surface area contributed by atoms with E-state index in [0.29, 0.717) is 5.69 Å². The molecule has 0 aliphatic heterocycles. The number of anilines is 1. The first-order valence-electron chi connectivity index (χ1n) is 8.62. The van der Waals surface area contributed by atoms with Crippen LogP contribution in [-0.2, 0) is 20.7 Å². The van der Waals surface area contributed by atoms with Crippen molar-refractivity contribution < 1.29 is 29.3 Å². The lowest BCUT2D eigenvalue weighted by atomic mass is 10.1. The first-order valence-corrected chi connectivity index (χ1v) is 8.62. The van der Waals surface area contributed by atoms with Gasteiger partial charge >= 0.3 is 5.97 Å². The van der Waals surface area contributed by atoms with Gasteiger partial charge in [0.1, 0.15) is 17.1 Å². The number of para-hydroxylation sites is 1. The Morgan fingerprint density at radius 3 is 2.50 bits per heavy atom. The van der Waals surface area contributed by atoms with E-state index >= 15 is 0 Å². The van der Waals surface area contributed by atoms with Crippen LogP contribution in [-0.4, -0.2) is 53.1 Å². The van der Waals surface area contributed by atoms with Crippen molar-refractivity contribution in [3.05, 3.63) is 53.6 Å². The highest BCUT2D eigenvalue weighted by Crippen LogP contribution is 2.23. The largest absolute Gasteiger partial charge is 0.508 e. The summed E-state index contributed by atoms with van der Waals surface area (Å²) < 4.78 is 4.86. The topological polar surface area (TPSA) is 116 Å². The van der Waals surface area contributed by atoms with Gasteiger partial charge in [-0.05, 0) is 30.2 Å². The van der Waals surface area contributed by atoms with Gasteiger partial charge < -0.3 is 25.2 Å². The van der Waals surface area contributed by atoms with E-state index in [1.54, 1.807) is 6.07 Å². The van der Waals surface area contributed by atoms with Crippen molar-refractivity contribution in [2.24, 2.45) is 0 Å². The van der Waals surface area contributed by atoms with Crippen molar-refractivity contribution in [2.45, 2.75) is 13.3 Å². The van der Waals surface area contributed by atoms with Gasteiger partial charge in [-0.3, -0.25) is 9.59 Å². The summed E-state index contributed by atoms with van der Waals surface area (Å²) in [7, 11) is 1.42. The molecule has 0 aromatic heterocycles. The van der Waals surface area contributed by atoms with Gasteiger partial charge in [0.05, 0.1) is 6.54 Å². The van der Waals surface area contributed by atoms with Crippen LogP contribution in [0, 0.1) is 0 Å². The number of esters is 1. The number of nitrogens with zero attached hydrogens (tertiary/aromatic N) is 1. The van der Waals surface area contributed by atoms with Gasteiger partial charge in [0.15, 0.2) is 6.61 Å². The van der Waals surface area contributed by atoms with Crippen LogP contribution < -0.4 is 5.32 Å². The minimum atomic E-state index is -0.916. The van der Waals surface area contributed by atoms with Crippen LogP contribution in [0.25, 0.3) is 0 Å². The first-order chi connectivity index (χ1) is 13.3. The smallest absolute Gasteiger partial charge is 0.342 e. The molecule has 0 saturated heterocycles. The van der Waals surface area contributed by atoms with E-state index in [2.05, 4.69) is 5.32 Å². The fourth-order valence-electron chi connectivity index (χ4n) is 2.45. The summed E-state index contributed by atoms with van der Waals surface area (Å²) in [5, 5.41) is 21.6. The molecule has 3 N–H and O–H groups in total. The Labute approximate surface area is 162 Å². The summed E-state index contributed by atoms with van der Waals surface area (Å²) in [6, 6.07) is 10.8. The monoisotopic (exact) mass is 386 g/mol. The van der Waals surface area contributed by atoms with Crippen molar-refractivity contribution in [1.29, 1.82) is 0 Å². The summed E-state index contributed by atoms with van der Waals surface area (Å²) >= 11 is 0. The molecule has 0 aliphatic rings. The van der Waals surface area contributed by atoms with Crippen LogP contribution in [0.1, 0.15) is 22.8 Å². The number of aryl methyl sites for hydroxylation is 1. The number of carbonyl (C=O) groups excluding carboxylic acids is 3. The van der Waals surface area contributed by atoms with Crippen LogP contribution in [0.2, 0.25) is 0 Å². The minimum absolute atomic E-state index is 0.179. The van der Waals surface area contributed by atoms with Gasteiger partial charge in [0, 0.05) is 18.8 Å². The number of nitrogens with one attached hydrogen (secondary N) is 1. The standard InChI is InChI=1S/C20H22N2O6/c1-3-13-6-4-5-7-16(13)21-18(25)11-22(2)19(26)12-28-20(27)15-9-8-14(23)10-17(15)24/h4-10,23-24H,3,11-12H2,1-2H3,(H,21,25). The average molecular weight is 386 g/mol. The molecule has 8 nitrogen and oxygen atoms in total. The lowest BCUT2D eigenvalue weighted by Crippen LogP contribution is -2.37. The minimum Gasteiger partial charge on any atom is -0.508 e. The van der Waals surface area contributed by atoms with Crippen LogP contribution >= 0.6 is 0 Å². The van der Waals surface area contributed by atoms with Gasteiger partial charge in [-0.15, -0.1) is 0 Å². The summed E-state index contributed by atoms with van der Waals surface area (Å²) in [6.07, 6.45) is 0.755. The molecule has 8 heteroatoms. The number of phenols is 2. The van der Waals surface area contributed by atoms with Gasteiger partial charge in [0.25, 0.3) is 5.91 Å². The molecule has 2 amide bonds. The second kappa shape index (κ2) is 9.40. The zero-order chi connectivity index (χ0) is 20.7. The molecule has 0 bridgehead atoms. The number of amides is 2. The molecule has 2 aromatic carbocycles. The number of phenolic OH excluding ortho intramolecular Hbond substituents is 2. The summed E-state index contributed by atoms with van der Waals surface area (Å²) in [5.74, 6) is -2.54. The fraction of sp³-hybridized carbons (Fsp3) is 0.250. The lowest BCUT2D eigenvalue weighted by molar-refractivity contribution is -0.136. The molecule has 148 valence electrons. The third kappa shape index (κ3) is 5.47. The van der Waals surface area contributed by atoms with Crippen molar-refractivity contribution >= 4 is 23.5 Å². The molecule has 0 aliphatic carbocycles. The van der Waals surface area contributed by atoms with Gasteiger partial charge in [-0.2, -0.15) is 0 Å². The SMILES string of the molecule is CCc1ccccc1NC(=O)CN(C)C(=O)COC(=O)c1ccc(O)cc1O. The molecule has 0 unspecified atom stereocenters. The van der Waals surface area contributed by atoms with Crippen LogP contribution in [0.15, 0.2) is 42.5 Å². The summed E-state index contributed by atoms with van der Waals surface area (Å²) in [6.45, 7) is 1.17. The normalized spacial score (nSPS) is 10.2. The van der Waals surface area contributed by atoms with E-state index in [1.165, 1.54) is 19.2 Å². The molecule has 0 heterocycles. The highest BCUT2D eigenvalue weighted by molar-refractivity contribution is 5.96. The fourth-order valence-corrected chi connectivity index (χ4v) is 2.45. The van der Waals surface area contributed by atoms with E-state index in [4.69, 9.17) is 4.74 Å². The Bertz CT molecular complexity index is 881. The predicted octanol–water partition coefficient (Wildman–Crippen LogP) is 1.91. The maximum atomic E-state index is 12.2. The molecule has 0 fully saturated rings. The third-order valence-electron chi connectivity index (χ3n) is 4.01. The number of hydrogen-bond donors (Lipinski definition) is 3. The molecular formula is C20H22N2O6. The summed E-state index contributed by atoms with van der Waals surface area (Å²) in [4.78, 5) is 37.3. The number of hydrogen-bond acceptors (Lipinski definition) is 6. The number of likely N-dealkylation sites (N-methyl/N-ethyl adjacent to an activating group) is 1. The van der Waals surface area contributed by atoms with Crippen molar-refractivity contribution in [3.8, 4) is 11.5 Å². The summed E-state index contributed by atoms with van der Waals surface area (Å²) in [5.41, 5.74) is 1.49. The van der Waals surface area contributed by atoms with Crippen LogP contribution in [0.5, 0.6) is 11.5 Å². The van der Waals surface area contributed by atoms with Crippen molar-refractivity contribution in [2.75, 3.05) is 25.5 Å².